The van der Waals surface area contributed by atoms with Gasteiger partial charge in [0.1, 0.15) is 10.8 Å². The van der Waals surface area contributed by atoms with Crippen LogP contribution in [0.4, 0.5) is 17.1 Å². The predicted molar refractivity (Wildman–Crippen MR) is 113 cm³/mol. The number of nitrogens with zero attached hydrogens (tertiary/aromatic N) is 2. The molecule has 2 heterocycles. The Balaban J connectivity index is 1.60. The largest absolute Gasteiger partial charge is 0.323 e. The number of fused-ring (bicyclic) bond motifs is 1. The molecule has 148 valence electrons. The zero-order valence-corrected chi connectivity index (χ0v) is 17.0. The van der Waals surface area contributed by atoms with Crippen molar-refractivity contribution in [2.24, 2.45) is 0 Å². The highest BCUT2D eigenvalue weighted by molar-refractivity contribution is 7.94. The molecule has 0 aliphatic carbocycles. The molecular weight excluding hydrogens is 410 g/mol. The number of benzene rings is 2. The lowest BCUT2D eigenvalue weighted by molar-refractivity contribution is -0.115. The number of hydrogen-bond acceptors (Lipinski definition) is 5. The molecule has 0 bridgehead atoms. The Labute approximate surface area is 172 Å². The van der Waals surface area contributed by atoms with E-state index in [0.717, 1.165) is 11.3 Å². The molecule has 3 aromatic rings. The monoisotopic (exact) mass is 427 g/mol. The lowest BCUT2D eigenvalue weighted by Crippen LogP contribution is -2.42. The zero-order valence-electron chi connectivity index (χ0n) is 15.4. The minimum absolute atomic E-state index is 0.0791. The van der Waals surface area contributed by atoms with E-state index >= 15 is 0 Å². The van der Waals surface area contributed by atoms with Crippen molar-refractivity contribution in [3.05, 3.63) is 71.6 Å². The molecule has 0 atom stereocenters. The number of nitrogens with one attached hydrogen (secondary N) is 1. The Hall–Kier alpha value is -3.17. The van der Waals surface area contributed by atoms with Crippen LogP contribution in [-0.2, 0) is 14.8 Å². The fraction of sp³-hybridized carbons (Fsp3) is 0.100. The summed E-state index contributed by atoms with van der Waals surface area (Å²) in [5, 5.41) is 4.45. The zero-order chi connectivity index (χ0) is 20.6. The summed E-state index contributed by atoms with van der Waals surface area (Å²) in [5.74, 6) is -0.599. The smallest absolute Gasteiger partial charge is 0.273 e. The first-order chi connectivity index (χ1) is 13.9. The Morgan fingerprint density at radius 3 is 2.48 bits per heavy atom. The van der Waals surface area contributed by atoms with Crippen molar-refractivity contribution in [1.29, 1.82) is 0 Å². The summed E-state index contributed by atoms with van der Waals surface area (Å²) in [4.78, 5) is 26.4. The van der Waals surface area contributed by atoms with Crippen molar-refractivity contribution < 1.29 is 18.0 Å². The standard InChI is InChI=1S/C20H17N3O4S2/c1-22(29(26,27)19-7-4-12-28-19)15-10-8-14(9-11-15)20(25)23-13-18(24)21-16-5-2-3-6-17(16)23/h2-12H,13H2,1H3,(H,21,24). The topological polar surface area (TPSA) is 86.8 Å². The number of hydrogen-bond donors (Lipinski definition) is 1. The Kier molecular flexibility index (Phi) is 4.85. The van der Waals surface area contributed by atoms with E-state index in [1.165, 1.54) is 16.3 Å². The highest BCUT2D eigenvalue weighted by Crippen LogP contribution is 2.31. The average Bonchev–Trinajstić information content (AvgIpc) is 3.28. The predicted octanol–water partition coefficient (Wildman–Crippen LogP) is 3.17. The quantitative estimate of drug-likeness (QED) is 0.693. The molecule has 1 N–H and O–H groups in total. The van der Waals surface area contributed by atoms with Gasteiger partial charge in [-0.1, -0.05) is 18.2 Å². The summed E-state index contributed by atoms with van der Waals surface area (Å²) in [5.41, 5.74) is 2.00. The first-order valence-electron chi connectivity index (χ1n) is 8.71. The number of amides is 2. The van der Waals surface area contributed by atoms with E-state index in [0.29, 0.717) is 22.6 Å². The third kappa shape index (κ3) is 3.50. The van der Waals surface area contributed by atoms with Gasteiger partial charge in [0.15, 0.2) is 0 Å². The second-order valence-electron chi connectivity index (χ2n) is 6.41. The van der Waals surface area contributed by atoms with Crippen LogP contribution >= 0.6 is 11.3 Å². The van der Waals surface area contributed by atoms with Gasteiger partial charge in [-0.2, -0.15) is 0 Å². The summed E-state index contributed by atoms with van der Waals surface area (Å²) in [7, 11) is -2.18. The number of thiophene rings is 1. The van der Waals surface area contributed by atoms with Crippen LogP contribution in [0.2, 0.25) is 0 Å². The third-order valence-corrected chi connectivity index (χ3v) is 7.76. The van der Waals surface area contributed by atoms with E-state index in [2.05, 4.69) is 5.32 Å². The molecule has 0 unspecified atom stereocenters. The minimum atomic E-state index is -3.65. The maximum atomic E-state index is 13.0. The molecule has 29 heavy (non-hydrogen) atoms. The Morgan fingerprint density at radius 1 is 1.07 bits per heavy atom. The van der Waals surface area contributed by atoms with Crippen LogP contribution in [0.25, 0.3) is 0 Å². The average molecular weight is 428 g/mol. The summed E-state index contributed by atoms with van der Waals surface area (Å²) in [6, 6.07) is 16.6. The van der Waals surface area contributed by atoms with Crippen molar-refractivity contribution in [3.63, 3.8) is 0 Å². The van der Waals surface area contributed by atoms with Gasteiger partial charge in [0.05, 0.1) is 17.1 Å². The van der Waals surface area contributed by atoms with E-state index < -0.39 is 10.0 Å². The van der Waals surface area contributed by atoms with Crippen molar-refractivity contribution >= 4 is 50.2 Å². The van der Waals surface area contributed by atoms with Crippen molar-refractivity contribution in [1.82, 2.24) is 0 Å². The van der Waals surface area contributed by atoms with Crippen LogP contribution in [-0.4, -0.2) is 33.8 Å². The molecular formula is C20H17N3O4S2. The first kappa shape index (κ1) is 19.2. The number of carbonyl (C=O) groups excluding carboxylic acids is 2. The third-order valence-electron chi connectivity index (χ3n) is 4.60. The summed E-state index contributed by atoms with van der Waals surface area (Å²) in [6.45, 7) is -0.0791. The highest BCUT2D eigenvalue weighted by Gasteiger charge is 2.28. The summed E-state index contributed by atoms with van der Waals surface area (Å²) >= 11 is 1.15. The molecule has 0 spiro atoms. The van der Waals surface area contributed by atoms with Crippen molar-refractivity contribution in [2.45, 2.75) is 4.21 Å². The molecule has 1 aliphatic rings. The van der Waals surface area contributed by atoms with Crippen LogP contribution in [0.3, 0.4) is 0 Å². The number of rotatable bonds is 4. The van der Waals surface area contributed by atoms with Gasteiger partial charge in [0.2, 0.25) is 5.91 Å². The van der Waals surface area contributed by atoms with E-state index in [1.807, 2.05) is 0 Å². The molecule has 7 nitrogen and oxygen atoms in total. The van der Waals surface area contributed by atoms with Gasteiger partial charge in [0.25, 0.3) is 15.9 Å². The molecule has 1 aliphatic heterocycles. The number of carbonyl (C=O) groups is 2. The maximum Gasteiger partial charge on any atom is 0.273 e. The van der Waals surface area contributed by atoms with E-state index in [4.69, 9.17) is 0 Å². The Bertz CT molecular complexity index is 1170. The SMILES string of the molecule is CN(c1ccc(C(=O)N2CC(=O)Nc3ccccc32)cc1)S(=O)(=O)c1cccs1. The Morgan fingerprint density at radius 2 is 1.79 bits per heavy atom. The van der Waals surface area contributed by atoms with Gasteiger partial charge in [-0.05, 0) is 47.8 Å². The van der Waals surface area contributed by atoms with Gasteiger partial charge in [-0.15, -0.1) is 11.3 Å². The van der Waals surface area contributed by atoms with Gasteiger partial charge >= 0.3 is 0 Å². The van der Waals surface area contributed by atoms with Gasteiger partial charge in [-0.25, -0.2) is 8.42 Å². The molecule has 0 saturated heterocycles. The molecule has 9 heteroatoms. The van der Waals surface area contributed by atoms with Crippen LogP contribution in [0.15, 0.2) is 70.3 Å². The fourth-order valence-corrected chi connectivity index (χ4v) is 5.42. The normalized spacial score (nSPS) is 13.6. The fourth-order valence-electron chi connectivity index (χ4n) is 3.07. The number of anilines is 3. The molecule has 4 rings (SSSR count). The summed E-state index contributed by atoms with van der Waals surface area (Å²) in [6.07, 6.45) is 0. The number of sulfonamides is 1. The second-order valence-corrected chi connectivity index (χ2v) is 9.55. The lowest BCUT2D eigenvalue weighted by atomic mass is 10.1. The van der Waals surface area contributed by atoms with Crippen LogP contribution < -0.4 is 14.5 Å². The molecule has 0 radical (unpaired) electrons. The van der Waals surface area contributed by atoms with Gasteiger partial charge in [0, 0.05) is 12.6 Å². The van der Waals surface area contributed by atoms with E-state index in [1.54, 1.807) is 66.0 Å². The molecule has 2 amide bonds. The molecule has 0 saturated carbocycles. The van der Waals surface area contributed by atoms with Crippen molar-refractivity contribution in [2.75, 3.05) is 28.1 Å². The maximum absolute atomic E-state index is 13.0. The van der Waals surface area contributed by atoms with Crippen LogP contribution in [0.5, 0.6) is 0 Å². The highest BCUT2D eigenvalue weighted by atomic mass is 32.2. The van der Waals surface area contributed by atoms with Gasteiger partial charge < -0.3 is 5.32 Å². The van der Waals surface area contributed by atoms with Crippen LogP contribution in [0, 0.1) is 0 Å². The summed E-state index contributed by atoms with van der Waals surface area (Å²) < 4.78 is 26.7. The molecule has 1 aromatic heterocycles. The van der Waals surface area contributed by atoms with Gasteiger partial charge in [-0.3, -0.25) is 18.8 Å². The van der Waals surface area contributed by atoms with E-state index in [-0.39, 0.29) is 22.6 Å². The van der Waals surface area contributed by atoms with Crippen molar-refractivity contribution in [3.8, 4) is 0 Å². The lowest BCUT2D eigenvalue weighted by Gasteiger charge is -2.29. The van der Waals surface area contributed by atoms with Crippen LogP contribution in [0.1, 0.15) is 10.4 Å². The van der Waals surface area contributed by atoms with E-state index in [9.17, 15) is 18.0 Å². The number of para-hydroxylation sites is 2. The second kappa shape index (κ2) is 7.34. The molecule has 2 aromatic carbocycles. The first-order valence-corrected chi connectivity index (χ1v) is 11.0. The molecule has 0 fully saturated rings. The minimum Gasteiger partial charge on any atom is -0.323 e.